The lowest BCUT2D eigenvalue weighted by molar-refractivity contribution is -0.161. The fourth-order valence-electron chi connectivity index (χ4n) is 9.87. The van der Waals surface area contributed by atoms with Gasteiger partial charge in [0.2, 0.25) is 0 Å². The van der Waals surface area contributed by atoms with E-state index in [1.807, 2.05) is 12.2 Å². The molecular weight excluding hydrogens is 1330 g/mol. The molecule has 0 rings (SSSR count). The summed E-state index contributed by atoms with van der Waals surface area (Å²) in [6, 6.07) is 0. The lowest BCUT2D eigenvalue weighted by Crippen LogP contribution is -2.30. The average molecular weight is 1470 g/mol. The Morgan fingerprint density at radius 3 is 0.863 bits per heavy atom. The van der Waals surface area contributed by atoms with E-state index >= 15 is 0 Å². The van der Waals surface area contributed by atoms with Crippen LogP contribution in [0.5, 0.6) is 0 Å². The number of hydrogen-bond donors (Lipinski definition) is 3. The number of rotatable bonds is 72. The second-order valence-corrected chi connectivity index (χ2v) is 28.4. The quantitative estimate of drug-likeness (QED) is 0.0169. The molecule has 102 heavy (non-hydrogen) atoms. The van der Waals surface area contributed by atoms with Gasteiger partial charge in [0.15, 0.2) is 12.2 Å². The Morgan fingerprint density at radius 1 is 0.284 bits per heavy atom. The number of hydrogen-bond acceptors (Lipinski definition) is 15. The first-order valence-corrected chi connectivity index (χ1v) is 42.1. The molecule has 0 aromatic heterocycles. The topological polar surface area (TPSA) is 237 Å². The summed E-state index contributed by atoms with van der Waals surface area (Å²) in [6.45, 7) is 4.45. The van der Waals surface area contributed by atoms with E-state index in [0.717, 1.165) is 193 Å². The van der Waals surface area contributed by atoms with Gasteiger partial charge in [-0.3, -0.25) is 37.3 Å². The van der Waals surface area contributed by atoms with Crippen LogP contribution in [0.4, 0.5) is 0 Å². The summed E-state index contributed by atoms with van der Waals surface area (Å²) in [5.74, 6) is -2.29. The number of carbonyl (C=O) groups is 4. The highest BCUT2D eigenvalue weighted by atomic mass is 31.2. The predicted octanol–water partition coefficient (Wildman–Crippen LogP) is 22.7. The van der Waals surface area contributed by atoms with Crippen molar-refractivity contribution in [3.8, 4) is 0 Å². The number of aliphatic hydroxyl groups is 1. The summed E-state index contributed by atoms with van der Waals surface area (Å²) < 4.78 is 68.5. The second kappa shape index (κ2) is 74.2. The van der Waals surface area contributed by atoms with Crippen LogP contribution in [-0.4, -0.2) is 96.7 Å². The molecule has 0 spiro atoms. The van der Waals surface area contributed by atoms with Crippen molar-refractivity contribution in [2.45, 2.75) is 316 Å². The number of ether oxygens (including phenoxy) is 4. The van der Waals surface area contributed by atoms with Crippen LogP contribution in [0.25, 0.3) is 0 Å². The van der Waals surface area contributed by atoms with Gasteiger partial charge < -0.3 is 33.8 Å². The number of allylic oxidation sites excluding steroid dienone is 24. The third-order valence-electron chi connectivity index (χ3n) is 15.7. The van der Waals surface area contributed by atoms with Crippen LogP contribution in [0.3, 0.4) is 0 Å². The van der Waals surface area contributed by atoms with Crippen LogP contribution < -0.4 is 0 Å². The average Bonchev–Trinajstić information content (AvgIpc) is 0.939. The van der Waals surface area contributed by atoms with Crippen LogP contribution in [0.15, 0.2) is 146 Å². The van der Waals surface area contributed by atoms with Crippen molar-refractivity contribution in [3.63, 3.8) is 0 Å². The first-order chi connectivity index (χ1) is 49.7. The summed E-state index contributed by atoms with van der Waals surface area (Å²) in [5.41, 5.74) is 0. The van der Waals surface area contributed by atoms with Gasteiger partial charge >= 0.3 is 39.5 Å². The van der Waals surface area contributed by atoms with Crippen LogP contribution >= 0.6 is 15.6 Å². The maximum absolute atomic E-state index is 13.1. The molecule has 0 aromatic carbocycles. The summed E-state index contributed by atoms with van der Waals surface area (Å²) in [4.78, 5) is 72.9. The van der Waals surface area contributed by atoms with E-state index in [0.29, 0.717) is 32.1 Å². The highest BCUT2D eigenvalue weighted by Crippen LogP contribution is 2.45. The molecule has 19 heteroatoms. The van der Waals surface area contributed by atoms with E-state index in [1.54, 1.807) is 0 Å². The molecule has 582 valence electrons. The molecule has 3 N–H and O–H groups in total. The summed E-state index contributed by atoms with van der Waals surface area (Å²) in [5, 5.41) is 10.6. The number of phosphoric ester groups is 2. The van der Waals surface area contributed by atoms with Crippen LogP contribution in [0.1, 0.15) is 297 Å². The molecule has 0 aliphatic heterocycles. The zero-order valence-corrected chi connectivity index (χ0v) is 65.3. The monoisotopic (exact) mass is 1470 g/mol. The summed E-state index contributed by atoms with van der Waals surface area (Å²) >= 11 is 0. The molecule has 0 heterocycles. The fourth-order valence-corrected chi connectivity index (χ4v) is 11.4. The highest BCUT2D eigenvalue weighted by molar-refractivity contribution is 7.47. The molecule has 0 aliphatic rings. The molecule has 0 fully saturated rings. The number of esters is 4. The molecule has 5 atom stereocenters. The molecule has 0 aromatic rings. The van der Waals surface area contributed by atoms with Gasteiger partial charge in [0.25, 0.3) is 0 Å². The van der Waals surface area contributed by atoms with Crippen molar-refractivity contribution in [1.29, 1.82) is 0 Å². The van der Waals surface area contributed by atoms with Crippen LogP contribution in [0.2, 0.25) is 0 Å². The van der Waals surface area contributed by atoms with Crippen molar-refractivity contribution < 1.29 is 80.2 Å². The number of carbonyl (C=O) groups excluding carboxylic acids is 4. The van der Waals surface area contributed by atoms with Crippen molar-refractivity contribution >= 4 is 39.5 Å². The zero-order valence-electron chi connectivity index (χ0n) is 63.5. The minimum absolute atomic E-state index is 0.0625. The Labute approximate surface area is 617 Å². The van der Waals surface area contributed by atoms with E-state index < -0.39 is 97.5 Å². The smallest absolute Gasteiger partial charge is 0.462 e. The molecular formula is C83H138O17P2. The molecule has 0 bridgehead atoms. The van der Waals surface area contributed by atoms with Gasteiger partial charge in [-0.25, -0.2) is 9.13 Å². The molecule has 0 amide bonds. The number of aliphatic hydroxyl groups excluding tert-OH is 1. The minimum Gasteiger partial charge on any atom is -0.462 e. The number of unbranched alkanes of at least 4 members (excludes halogenated alkanes) is 22. The second-order valence-electron chi connectivity index (χ2n) is 25.5. The fraction of sp³-hybridized carbons (Fsp3) is 0.663. The molecule has 0 radical (unpaired) electrons. The van der Waals surface area contributed by atoms with Crippen LogP contribution in [-0.2, 0) is 65.4 Å². The van der Waals surface area contributed by atoms with Crippen LogP contribution in [0, 0.1) is 0 Å². The molecule has 0 saturated heterocycles. The first-order valence-electron chi connectivity index (χ1n) is 39.1. The summed E-state index contributed by atoms with van der Waals surface area (Å²) in [6.07, 6.45) is 84.1. The van der Waals surface area contributed by atoms with Crippen molar-refractivity contribution in [3.05, 3.63) is 146 Å². The standard InChI is InChI=1S/C83H138O17P2/c1-5-9-13-17-21-25-29-33-36-38-41-44-47-51-55-59-63-67-80(85)93-73-78(99-82(87)69-65-61-57-53-49-43-32-28-24-20-16-12-8-4)75-97-101(89,90)95-71-77(84)72-96-102(91,92)98-76-79(100-83(88)70-66-62-58-54-50-46-40-35-31-27-23-19-15-11-7-3)74-94-81(86)68-64-60-56-52-48-45-42-39-37-34-30-26-22-18-14-10-6-2/h9-10,13-14,16,20-23,25-28,32-37,40,42,45,52,56,77-79,84H,5-8,11-12,15,17-19,24,29-31,38-39,41,43-44,46-51,53-55,57-76H2,1-4H3,(H,89,90)(H,91,92)/b13-9-,14-10-,20-16-,25-21-,26-22-,27-23-,32-28-,36-33-,37-34-,40-35-,45-42-,56-52-. The minimum atomic E-state index is -5.00. The lowest BCUT2D eigenvalue weighted by Gasteiger charge is -2.21. The molecule has 0 aliphatic carbocycles. The molecule has 0 saturated carbocycles. The first kappa shape index (κ1) is 96.9. The molecule has 17 nitrogen and oxygen atoms in total. The van der Waals surface area contributed by atoms with E-state index in [9.17, 15) is 43.2 Å². The van der Waals surface area contributed by atoms with Crippen molar-refractivity contribution in [2.75, 3.05) is 39.6 Å². The summed E-state index contributed by atoms with van der Waals surface area (Å²) in [7, 11) is -9.99. The third-order valence-corrected chi connectivity index (χ3v) is 17.7. The van der Waals surface area contributed by atoms with E-state index in [4.69, 9.17) is 37.0 Å². The van der Waals surface area contributed by atoms with Gasteiger partial charge in [-0.2, -0.15) is 0 Å². The van der Waals surface area contributed by atoms with Gasteiger partial charge in [-0.15, -0.1) is 0 Å². The van der Waals surface area contributed by atoms with E-state index in [-0.39, 0.29) is 25.7 Å². The Balaban J connectivity index is 5.43. The van der Waals surface area contributed by atoms with Crippen molar-refractivity contribution in [1.82, 2.24) is 0 Å². The maximum Gasteiger partial charge on any atom is 0.472 e. The largest absolute Gasteiger partial charge is 0.472 e. The predicted molar refractivity (Wildman–Crippen MR) is 417 cm³/mol. The van der Waals surface area contributed by atoms with Gasteiger partial charge in [0, 0.05) is 25.7 Å². The van der Waals surface area contributed by atoms with Gasteiger partial charge in [-0.05, 0) is 154 Å². The maximum atomic E-state index is 13.1. The third kappa shape index (κ3) is 73.3. The number of phosphoric acid groups is 2. The highest BCUT2D eigenvalue weighted by Gasteiger charge is 2.30. The van der Waals surface area contributed by atoms with E-state index in [2.05, 4.69) is 161 Å². The Morgan fingerprint density at radius 2 is 0.539 bits per heavy atom. The normalized spacial score (nSPS) is 14.7. The zero-order chi connectivity index (χ0) is 74.6. The Bertz CT molecular complexity index is 2510. The van der Waals surface area contributed by atoms with Gasteiger partial charge in [0.1, 0.15) is 19.3 Å². The van der Waals surface area contributed by atoms with Crippen molar-refractivity contribution in [2.24, 2.45) is 0 Å². The van der Waals surface area contributed by atoms with Gasteiger partial charge in [0.05, 0.1) is 26.4 Å². The Hall–Kier alpha value is -5.06. The van der Waals surface area contributed by atoms with Gasteiger partial charge in [-0.1, -0.05) is 263 Å². The molecule has 5 unspecified atom stereocenters. The SMILES string of the molecule is CC/C=C\C/C=C\C/C=C\C/C=C\C/C=C\CCCC(=O)OCC(COP(=O)(O)OCC(O)COP(=O)(O)OCC(COC(=O)CCCCCCCCC/C=C\C/C=C\C/C=C\CC)OC(=O)CCCCCCC/C=C\C/C=C\CCC)OC(=O)CCCCCCC/C=C\C/C=C\CCCCC. The lowest BCUT2D eigenvalue weighted by atomic mass is 10.1. The van der Waals surface area contributed by atoms with E-state index in [1.165, 1.54) is 19.3 Å². The Kier molecular flexibility index (Phi) is 70.5.